The molecule has 0 saturated heterocycles. The van der Waals surface area contributed by atoms with Gasteiger partial charge in [0.15, 0.2) is 5.78 Å². The zero-order valence-electron chi connectivity index (χ0n) is 10.6. The van der Waals surface area contributed by atoms with Gasteiger partial charge in [-0.15, -0.1) is 0 Å². The molecular weight excluding hydrogens is 246 g/mol. The Labute approximate surface area is 110 Å². The van der Waals surface area contributed by atoms with Crippen LogP contribution in [-0.4, -0.2) is 5.78 Å². The second kappa shape index (κ2) is 5.74. The van der Waals surface area contributed by atoms with Crippen molar-refractivity contribution in [3.05, 3.63) is 70.8 Å². The fraction of sp³-hybridized carbons (Fsp3) is 0.188. The Balaban J connectivity index is 2.05. The third kappa shape index (κ3) is 3.71. The van der Waals surface area contributed by atoms with E-state index in [9.17, 15) is 13.6 Å². The second-order valence-corrected chi connectivity index (χ2v) is 4.57. The molecule has 0 aliphatic heterocycles. The average molecular weight is 260 g/mol. The number of ketones is 1. The first kappa shape index (κ1) is 13.4. The fourth-order valence-corrected chi connectivity index (χ4v) is 1.98. The number of hydrogen-bond donors (Lipinski definition) is 0. The molecule has 3 heteroatoms. The first-order chi connectivity index (χ1) is 9.04. The van der Waals surface area contributed by atoms with Gasteiger partial charge in [-0.2, -0.15) is 0 Å². The first-order valence-electron chi connectivity index (χ1n) is 6.09. The normalized spacial score (nSPS) is 10.5. The van der Waals surface area contributed by atoms with E-state index in [-0.39, 0.29) is 17.8 Å². The minimum Gasteiger partial charge on any atom is -0.294 e. The monoisotopic (exact) mass is 260 g/mol. The lowest BCUT2D eigenvalue weighted by molar-refractivity contribution is 0.0982. The van der Waals surface area contributed by atoms with Crippen LogP contribution in [0.15, 0.2) is 42.5 Å². The van der Waals surface area contributed by atoms with Crippen molar-refractivity contribution in [2.24, 2.45) is 0 Å². The maximum atomic E-state index is 13.0. The van der Waals surface area contributed by atoms with Crippen LogP contribution in [0.3, 0.4) is 0 Å². The molecule has 0 spiro atoms. The predicted octanol–water partition coefficient (Wildman–Crippen LogP) is 4.09. The maximum Gasteiger partial charge on any atom is 0.163 e. The van der Waals surface area contributed by atoms with Crippen molar-refractivity contribution >= 4 is 5.78 Å². The number of aryl methyl sites for hydroxylation is 2. The summed E-state index contributed by atoms with van der Waals surface area (Å²) in [5.74, 6) is -1.70. The second-order valence-electron chi connectivity index (χ2n) is 4.57. The van der Waals surface area contributed by atoms with E-state index >= 15 is 0 Å². The first-order valence-corrected chi connectivity index (χ1v) is 6.09. The Morgan fingerprint density at radius 1 is 1.05 bits per heavy atom. The smallest absolute Gasteiger partial charge is 0.163 e. The van der Waals surface area contributed by atoms with Crippen LogP contribution in [0, 0.1) is 18.6 Å². The van der Waals surface area contributed by atoms with Crippen LogP contribution in [0.5, 0.6) is 0 Å². The van der Waals surface area contributed by atoms with Crippen molar-refractivity contribution in [1.82, 2.24) is 0 Å². The quantitative estimate of drug-likeness (QED) is 0.757. The summed E-state index contributed by atoms with van der Waals surface area (Å²) in [6, 6.07) is 10.7. The van der Waals surface area contributed by atoms with Crippen molar-refractivity contribution in [2.45, 2.75) is 19.8 Å². The molecular formula is C16H14F2O. The molecule has 2 rings (SSSR count). The molecule has 0 aliphatic rings. The molecule has 2 aromatic rings. The van der Waals surface area contributed by atoms with Crippen LogP contribution >= 0.6 is 0 Å². The molecule has 0 heterocycles. The van der Waals surface area contributed by atoms with Gasteiger partial charge < -0.3 is 0 Å². The van der Waals surface area contributed by atoms with Crippen LogP contribution < -0.4 is 0 Å². The van der Waals surface area contributed by atoms with Gasteiger partial charge >= 0.3 is 0 Å². The molecule has 0 N–H and O–H groups in total. The zero-order valence-corrected chi connectivity index (χ0v) is 10.6. The number of hydrogen-bond acceptors (Lipinski definition) is 1. The number of carbonyl (C=O) groups is 1. The number of rotatable bonds is 4. The molecule has 19 heavy (non-hydrogen) atoms. The van der Waals surface area contributed by atoms with E-state index in [1.807, 2.05) is 31.2 Å². The van der Waals surface area contributed by atoms with E-state index in [0.29, 0.717) is 6.42 Å². The highest BCUT2D eigenvalue weighted by atomic mass is 19.1. The molecule has 0 atom stereocenters. The highest BCUT2D eigenvalue weighted by Crippen LogP contribution is 2.13. The van der Waals surface area contributed by atoms with E-state index in [4.69, 9.17) is 0 Å². The molecule has 0 aromatic heterocycles. The largest absolute Gasteiger partial charge is 0.294 e. The maximum absolute atomic E-state index is 13.0. The Bertz CT molecular complexity index is 585. The van der Waals surface area contributed by atoms with Crippen LogP contribution in [0.2, 0.25) is 0 Å². The summed E-state index contributed by atoms with van der Waals surface area (Å²) in [6.07, 6.45) is 0.811. The van der Waals surface area contributed by atoms with E-state index in [1.165, 1.54) is 0 Å². The molecule has 0 saturated carbocycles. The van der Waals surface area contributed by atoms with Crippen LogP contribution in [0.4, 0.5) is 8.78 Å². The molecule has 98 valence electrons. The summed E-state index contributed by atoms with van der Waals surface area (Å²) in [4.78, 5) is 11.9. The SMILES string of the molecule is Cc1cccc(CCC(=O)c2cc(F)cc(F)c2)c1. The molecule has 2 aromatic carbocycles. The molecule has 0 radical (unpaired) electrons. The van der Waals surface area contributed by atoms with E-state index in [0.717, 1.165) is 29.3 Å². The minimum atomic E-state index is -0.723. The van der Waals surface area contributed by atoms with Gasteiger partial charge in [-0.05, 0) is 31.0 Å². The summed E-state index contributed by atoms with van der Waals surface area (Å²) in [5, 5.41) is 0. The predicted molar refractivity (Wildman–Crippen MR) is 70.2 cm³/mol. The lowest BCUT2D eigenvalue weighted by Crippen LogP contribution is -2.02. The topological polar surface area (TPSA) is 17.1 Å². The van der Waals surface area contributed by atoms with Crippen molar-refractivity contribution in [3.8, 4) is 0 Å². The summed E-state index contributed by atoms with van der Waals surface area (Å²) in [5.41, 5.74) is 2.26. The lowest BCUT2D eigenvalue weighted by atomic mass is 10.0. The lowest BCUT2D eigenvalue weighted by Gasteiger charge is -2.03. The van der Waals surface area contributed by atoms with Gasteiger partial charge in [0.25, 0.3) is 0 Å². The molecule has 0 bridgehead atoms. The summed E-state index contributed by atoms with van der Waals surface area (Å²) >= 11 is 0. The number of benzene rings is 2. The highest BCUT2D eigenvalue weighted by molar-refractivity contribution is 5.96. The van der Waals surface area contributed by atoms with E-state index in [2.05, 4.69) is 0 Å². The Morgan fingerprint density at radius 3 is 2.37 bits per heavy atom. The third-order valence-corrected chi connectivity index (χ3v) is 2.91. The van der Waals surface area contributed by atoms with Crippen molar-refractivity contribution in [2.75, 3.05) is 0 Å². The van der Waals surface area contributed by atoms with Gasteiger partial charge in [0.1, 0.15) is 11.6 Å². The van der Waals surface area contributed by atoms with Crippen LogP contribution in [-0.2, 0) is 6.42 Å². The van der Waals surface area contributed by atoms with E-state index < -0.39 is 11.6 Å². The molecule has 1 nitrogen and oxygen atoms in total. The Morgan fingerprint density at radius 2 is 1.74 bits per heavy atom. The Kier molecular flexibility index (Phi) is 4.05. The zero-order chi connectivity index (χ0) is 13.8. The summed E-state index contributed by atoms with van der Waals surface area (Å²) in [7, 11) is 0. The van der Waals surface area contributed by atoms with E-state index in [1.54, 1.807) is 0 Å². The van der Waals surface area contributed by atoms with Gasteiger partial charge in [-0.1, -0.05) is 29.8 Å². The fourth-order valence-electron chi connectivity index (χ4n) is 1.98. The van der Waals surface area contributed by atoms with Gasteiger partial charge in [0, 0.05) is 18.1 Å². The number of carbonyl (C=O) groups excluding carboxylic acids is 1. The molecule has 0 aliphatic carbocycles. The van der Waals surface area contributed by atoms with Crippen molar-refractivity contribution in [3.63, 3.8) is 0 Å². The van der Waals surface area contributed by atoms with Crippen LogP contribution in [0.1, 0.15) is 27.9 Å². The Hall–Kier alpha value is -2.03. The average Bonchev–Trinajstić information content (AvgIpc) is 2.35. The number of Topliss-reactive ketones (excluding diaryl/α,β-unsaturated/α-hetero) is 1. The molecule has 0 unspecified atom stereocenters. The third-order valence-electron chi connectivity index (χ3n) is 2.91. The van der Waals surface area contributed by atoms with Crippen molar-refractivity contribution in [1.29, 1.82) is 0 Å². The van der Waals surface area contributed by atoms with Gasteiger partial charge in [0.2, 0.25) is 0 Å². The van der Waals surface area contributed by atoms with Gasteiger partial charge in [-0.25, -0.2) is 8.78 Å². The summed E-state index contributed by atoms with van der Waals surface area (Å²) in [6.45, 7) is 1.98. The molecule has 0 fully saturated rings. The molecule has 0 amide bonds. The van der Waals surface area contributed by atoms with Gasteiger partial charge in [0.05, 0.1) is 0 Å². The highest BCUT2D eigenvalue weighted by Gasteiger charge is 2.09. The minimum absolute atomic E-state index is 0.0881. The van der Waals surface area contributed by atoms with Crippen molar-refractivity contribution < 1.29 is 13.6 Å². The standard InChI is InChI=1S/C16H14F2O/c1-11-3-2-4-12(7-11)5-6-16(19)13-8-14(17)10-15(18)9-13/h2-4,7-10H,5-6H2,1H3. The van der Waals surface area contributed by atoms with Gasteiger partial charge in [-0.3, -0.25) is 4.79 Å². The summed E-state index contributed by atoms with van der Waals surface area (Å²) < 4.78 is 26.0. The number of halogens is 2. The van der Waals surface area contributed by atoms with Crippen LogP contribution in [0.25, 0.3) is 0 Å².